The van der Waals surface area contributed by atoms with E-state index >= 15 is 0 Å². The Hall–Kier alpha value is -5.14. The van der Waals surface area contributed by atoms with Crippen LogP contribution in [0.4, 0.5) is 4.79 Å². The normalized spacial score (nSPS) is 17.4. The molecule has 2 unspecified atom stereocenters. The van der Waals surface area contributed by atoms with Gasteiger partial charge in [0.15, 0.2) is 25.6 Å². The molecule has 0 radical (unpaired) electrons. The number of benzene rings is 3. The third-order valence-electron chi connectivity index (χ3n) is 6.82. The molecule has 2 N–H and O–H groups in total. The fourth-order valence-corrected chi connectivity index (χ4v) is 4.68. The van der Waals surface area contributed by atoms with Crippen molar-refractivity contribution in [1.29, 1.82) is 0 Å². The summed E-state index contributed by atoms with van der Waals surface area (Å²) in [4.78, 5) is 54.2. The molecule has 1 aliphatic rings. The number of likely N-dealkylation sites (tertiary alicyclic amines) is 1. The lowest BCUT2D eigenvalue weighted by Gasteiger charge is -2.29. The molecular formula is C31H32N2O11. The number of nitrogens with one attached hydrogen (secondary N) is 1. The Morgan fingerprint density at radius 1 is 0.864 bits per heavy atom. The average molecular weight is 609 g/mol. The monoisotopic (exact) mass is 608 g/mol. The molecule has 3 aromatic rings. The highest BCUT2D eigenvalue weighted by atomic mass is 16.7. The molecule has 13 heteroatoms. The molecule has 1 saturated heterocycles. The minimum absolute atomic E-state index is 0.00524. The van der Waals surface area contributed by atoms with E-state index in [2.05, 4.69) is 5.32 Å². The van der Waals surface area contributed by atoms with Gasteiger partial charge in [-0.1, -0.05) is 18.2 Å². The van der Waals surface area contributed by atoms with Crippen molar-refractivity contribution in [3.8, 4) is 17.2 Å². The summed E-state index contributed by atoms with van der Waals surface area (Å²) in [5.41, 5.74) is -1.55. The van der Waals surface area contributed by atoms with Crippen molar-refractivity contribution >= 4 is 23.8 Å². The van der Waals surface area contributed by atoms with Gasteiger partial charge in [-0.3, -0.25) is 14.5 Å². The van der Waals surface area contributed by atoms with Crippen molar-refractivity contribution < 1.29 is 52.7 Å². The molecule has 3 aromatic carbocycles. The zero-order chi connectivity index (χ0) is 31.7. The van der Waals surface area contributed by atoms with Gasteiger partial charge in [0.2, 0.25) is 0 Å². The lowest BCUT2D eigenvalue weighted by atomic mass is 9.86. The van der Waals surface area contributed by atoms with Gasteiger partial charge in [0.25, 0.3) is 5.91 Å². The standard InChI is InChI=1S/C31H32N2O11/c1-39-18-42-22-11-9-20(10-12-22)28(35)32-31(27(34)24-15-23(41-3)13-14-25(24)43-19-40-2)16-26(33(17-31)30(37)38)44-29(36)21-7-5-4-6-8-21/h4-15,26H,16-19H2,1-3H3,(H,32,35)(H,37,38). The Morgan fingerprint density at radius 2 is 1.52 bits per heavy atom. The van der Waals surface area contributed by atoms with Gasteiger partial charge in [0, 0.05) is 26.2 Å². The summed E-state index contributed by atoms with van der Waals surface area (Å²) in [6.07, 6.45) is -3.26. The third-order valence-corrected chi connectivity index (χ3v) is 6.82. The lowest BCUT2D eigenvalue weighted by Crippen LogP contribution is -2.56. The molecule has 0 aromatic heterocycles. The molecule has 4 rings (SSSR count). The van der Waals surface area contributed by atoms with Crippen LogP contribution in [0.25, 0.3) is 0 Å². The number of ether oxygens (including phenoxy) is 6. The first kappa shape index (κ1) is 31.8. The molecule has 44 heavy (non-hydrogen) atoms. The smallest absolute Gasteiger partial charge is 0.410 e. The Labute approximate surface area is 253 Å². The minimum Gasteiger partial charge on any atom is -0.497 e. The maximum absolute atomic E-state index is 14.4. The molecule has 0 spiro atoms. The second-order valence-electron chi connectivity index (χ2n) is 9.69. The Balaban J connectivity index is 1.74. The number of carboxylic acid groups (broad SMARTS) is 1. The van der Waals surface area contributed by atoms with Crippen molar-refractivity contribution in [3.63, 3.8) is 0 Å². The van der Waals surface area contributed by atoms with Crippen LogP contribution in [0.1, 0.15) is 37.5 Å². The molecule has 1 fully saturated rings. The van der Waals surface area contributed by atoms with Crippen molar-refractivity contribution in [2.45, 2.75) is 18.2 Å². The van der Waals surface area contributed by atoms with E-state index in [1.54, 1.807) is 36.4 Å². The quantitative estimate of drug-likeness (QED) is 0.166. The van der Waals surface area contributed by atoms with Crippen molar-refractivity contribution in [3.05, 3.63) is 89.5 Å². The van der Waals surface area contributed by atoms with Gasteiger partial charge >= 0.3 is 12.1 Å². The Bertz CT molecular complexity index is 1480. The highest BCUT2D eigenvalue weighted by Gasteiger charge is 2.54. The first-order chi connectivity index (χ1) is 21.2. The van der Waals surface area contributed by atoms with E-state index in [-0.39, 0.29) is 36.0 Å². The summed E-state index contributed by atoms with van der Waals surface area (Å²) in [6.45, 7) is -0.719. The van der Waals surface area contributed by atoms with Crippen LogP contribution in [-0.2, 0) is 14.2 Å². The zero-order valence-corrected chi connectivity index (χ0v) is 24.3. The van der Waals surface area contributed by atoms with Gasteiger partial charge in [0.05, 0.1) is 24.8 Å². The van der Waals surface area contributed by atoms with E-state index in [0.717, 1.165) is 4.90 Å². The zero-order valence-electron chi connectivity index (χ0n) is 24.3. The SMILES string of the molecule is COCOc1ccc(C(=O)NC2(C(=O)c3cc(OC)ccc3OCOC)CC(OC(=O)c3ccccc3)N(C(=O)O)C2)cc1. The van der Waals surface area contributed by atoms with Gasteiger partial charge in [0.1, 0.15) is 22.8 Å². The van der Waals surface area contributed by atoms with E-state index in [1.807, 2.05) is 0 Å². The topological polar surface area (TPSA) is 159 Å². The van der Waals surface area contributed by atoms with Crippen LogP contribution in [0.15, 0.2) is 72.8 Å². The number of amides is 2. The fraction of sp³-hybridized carbons (Fsp3) is 0.290. The first-order valence-corrected chi connectivity index (χ1v) is 13.4. The minimum atomic E-state index is -1.89. The summed E-state index contributed by atoms with van der Waals surface area (Å²) in [5, 5.41) is 12.8. The molecule has 1 aliphatic heterocycles. The van der Waals surface area contributed by atoms with Gasteiger partial charge in [-0.2, -0.15) is 0 Å². The number of hydrogen-bond acceptors (Lipinski definition) is 10. The first-order valence-electron chi connectivity index (χ1n) is 13.4. The van der Waals surface area contributed by atoms with Crippen LogP contribution in [0, 0.1) is 0 Å². The van der Waals surface area contributed by atoms with E-state index in [1.165, 1.54) is 57.7 Å². The van der Waals surface area contributed by atoms with Gasteiger partial charge < -0.3 is 38.8 Å². The second kappa shape index (κ2) is 14.4. The molecular weight excluding hydrogens is 576 g/mol. The Morgan fingerprint density at radius 3 is 2.16 bits per heavy atom. The molecule has 0 aliphatic carbocycles. The number of hydrogen-bond donors (Lipinski definition) is 2. The van der Waals surface area contributed by atoms with Gasteiger partial charge in [-0.25, -0.2) is 9.59 Å². The van der Waals surface area contributed by atoms with Gasteiger partial charge in [-0.05, 0) is 54.6 Å². The van der Waals surface area contributed by atoms with E-state index in [0.29, 0.717) is 11.5 Å². The fourth-order valence-electron chi connectivity index (χ4n) is 4.68. The number of carbonyl (C=O) groups is 4. The van der Waals surface area contributed by atoms with Crippen LogP contribution in [0.5, 0.6) is 17.2 Å². The molecule has 0 saturated carbocycles. The number of rotatable bonds is 13. The van der Waals surface area contributed by atoms with Crippen molar-refractivity contribution in [2.75, 3.05) is 41.5 Å². The summed E-state index contributed by atoms with van der Waals surface area (Å²) < 4.78 is 31.8. The number of nitrogens with zero attached hydrogens (tertiary/aromatic N) is 1. The van der Waals surface area contributed by atoms with Crippen LogP contribution < -0.4 is 19.5 Å². The number of methoxy groups -OCH3 is 3. The summed E-state index contributed by atoms with van der Waals surface area (Å²) >= 11 is 0. The predicted octanol–water partition coefficient (Wildman–Crippen LogP) is 3.58. The lowest BCUT2D eigenvalue weighted by molar-refractivity contribution is -0.00847. The molecule has 232 valence electrons. The van der Waals surface area contributed by atoms with Crippen molar-refractivity contribution in [1.82, 2.24) is 10.2 Å². The Kier molecular flexibility index (Phi) is 10.4. The molecule has 2 amide bonds. The third kappa shape index (κ3) is 7.25. The van der Waals surface area contributed by atoms with E-state index in [9.17, 15) is 24.3 Å². The van der Waals surface area contributed by atoms with Gasteiger partial charge in [-0.15, -0.1) is 0 Å². The second-order valence-corrected chi connectivity index (χ2v) is 9.69. The van der Waals surface area contributed by atoms with E-state index < -0.39 is 48.5 Å². The highest BCUT2D eigenvalue weighted by Crippen LogP contribution is 2.36. The molecule has 0 bridgehead atoms. The van der Waals surface area contributed by atoms with Crippen molar-refractivity contribution in [2.24, 2.45) is 0 Å². The summed E-state index contributed by atoms with van der Waals surface area (Å²) in [7, 11) is 4.29. The number of ketones is 1. The highest BCUT2D eigenvalue weighted by molar-refractivity contribution is 6.09. The van der Waals surface area contributed by atoms with Crippen LogP contribution >= 0.6 is 0 Å². The van der Waals surface area contributed by atoms with E-state index in [4.69, 9.17) is 28.4 Å². The van der Waals surface area contributed by atoms with Crippen LogP contribution in [0.2, 0.25) is 0 Å². The average Bonchev–Trinajstić information content (AvgIpc) is 3.41. The molecule has 2 atom stereocenters. The van der Waals surface area contributed by atoms with Crippen LogP contribution in [0.3, 0.4) is 0 Å². The maximum Gasteiger partial charge on any atom is 0.410 e. The summed E-state index contributed by atoms with van der Waals surface area (Å²) in [6, 6.07) is 18.5. The van der Waals surface area contributed by atoms with Crippen LogP contribution in [-0.4, -0.2) is 87.0 Å². The number of esters is 1. The molecule has 13 nitrogen and oxygen atoms in total. The predicted molar refractivity (Wildman–Crippen MR) is 154 cm³/mol. The number of Topliss-reactive ketones (excluding diaryl/α,β-unsaturated/α-hetero) is 1. The summed E-state index contributed by atoms with van der Waals surface area (Å²) in [5.74, 6) is -1.31. The number of carbonyl (C=O) groups excluding carboxylic acids is 3. The molecule has 1 heterocycles. The maximum atomic E-state index is 14.4. The largest absolute Gasteiger partial charge is 0.497 e.